The van der Waals surface area contributed by atoms with Gasteiger partial charge in [0.1, 0.15) is 10.4 Å². The van der Waals surface area contributed by atoms with Crippen LogP contribution in [0.3, 0.4) is 0 Å². The number of nitrogen functional groups attached to an aromatic ring is 1. The summed E-state index contributed by atoms with van der Waals surface area (Å²) in [6.45, 7) is 6.96. The number of aryl methyl sites for hydroxylation is 1. The van der Waals surface area contributed by atoms with Crippen molar-refractivity contribution < 1.29 is 4.79 Å². The van der Waals surface area contributed by atoms with Crippen LogP contribution in [0.15, 0.2) is 10.8 Å². The van der Waals surface area contributed by atoms with E-state index in [9.17, 15) is 4.79 Å². The van der Waals surface area contributed by atoms with Crippen LogP contribution in [-0.4, -0.2) is 27.3 Å². The largest absolute Gasteiger partial charge is 0.368 e. The first kappa shape index (κ1) is 14.9. The summed E-state index contributed by atoms with van der Waals surface area (Å²) in [7, 11) is 0. The molecule has 0 saturated carbocycles. The van der Waals surface area contributed by atoms with Gasteiger partial charge in [0.05, 0.1) is 24.3 Å². The van der Waals surface area contributed by atoms with Crippen molar-refractivity contribution in [1.29, 1.82) is 0 Å². The molecule has 0 atom stereocenters. The van der Waals surface area contributed by atoms with E-state index in [1.165, 1.54) is 5.56 Å². The highest BCUT2D eigenvalue weighted by molar-refractivity contribution is 9.10. The fourth-order valence-corrected chi connectivity index (χ4v) is 3.17. The molecule has 0 amide bonds. The van der Waals surface area contributed by atoms with Gasteiger partial charge < -0.3 is 10.6 Å². The number of pyridine rings is 1. The number of nitrogens with two attached hydrogens (primary N) is 1. The number of nitrogens with zero attached hydrogens (tertiary/aromatic N) is 4. The van der Waals surface area contributed by atoms with E-state index in [2.05, 4.69) is 37.8 Å². The summed E-state index contributed by atoms with van der Waals surface area (Å²) in [5.74, 6) is 0.710. The van der Waals surface area contributed by atoms with Gasteiger partial charge >= 0.3 is 0 Å². The highest BCUT2D eigenvalue weighted by Gasteiger charge is 2.32. The molecule has 0 bridgehead atoms. The molecule has 2 aromatic rings. The van der Waals surface area contributed by atoms with E-state index < -0.39 is 0 Å². The summed E-state index contributed by atoms with van der Waals surface area (Å²) in [5.41, 5.74) is 10.7. The van der Waals surface area contributed by atoms with Gasteiger partial charge in [-0.05, 0) is 53.4 Å². The molecule has 2 N–H and O–H groups in total. The second-order valence-electron chi connectivity index (χ2n) is 5.49. The topological polar surface area (TPSA) is 85.0 Å². The maximum Gasteiger partial charge on any atom is 0.223 e. The molecule has 1 aliphatic rings. The molecule has 0 radical (unpaired) electrons. The van der Waals surface area contributed by atoms with Crippen molar-refractivity contribution in [3.8, 4) is 0 Å². The van der Waals surface area contributed by atoms with Crippen LogP contribution in [0.5, 0.6) is 0 Å². The minimum atomic E-state index is -0.0108. The normalized spacial score (nSPS) is 13.6. The zero-order chi connectivity index (χ0) is 16.0. The van der Waals surface area contributed by atoms with E-state index in [4.69, 9.17) is 5.73 Å². The zero-order valence-electron chi connectivity index (χ0n) is 12.6. The van der Waals surface area contributed by atoms with Gasteiger partial charge in [0.25, 0.3) is 0 Å². The van der Waals surface area contributed by atoms with Crippen molar-refractivity contribution in [1.82, 2.24) is 15.0 Å². The molecule has 3 rings (SSSR count). The number of hydrogen-bond acceptors (Lipinski definition) is 6. The lowest BCUT2D eigenvalue weighted by atomic mass is 10.0. The number of carbonyl (C=O) groups excluding carboxylic acids is 1. The lowest BCUT2D eigenvalue weighted by Crippen LogP contribution is -2.24. The van der Waals surface area contributed by atoms with Gasteiger partial charge in [-0.1, -0.05) is 0 Å². The van der Waals surface area contributed by atoms with Crippen LogP contribution in [0, 0.1) is 20.8 Å². The lowest BCUT2D eigenvalue weighted by Gasteiger charge is -2.19. The van der Waals surface area contributed by atoms with E-state index >= 15 is 0 Å². The summed E-state index contributed by atoms with van der Waals surface area (Å²) < 4.78 is 0.451. The number of halogens is 1. The molecule has 0 saturated heterocycles. The Hall–Kier alpha value is -2.02. The highest BCUT2D eigenvalue weighted by Crippen LogP contribution is 2.32. The Balaban J connectivity index is 2.00. The van der Waals surface area contributed by atoms with Crippen molar-refractivity contribution in [2.24, 2.45) is 0 Å². The molecule has 0 unspecified atom stereocenters. The van der Waals surface area contributed by atoms with E-state index in [1.54, 1.807) is 0 Å². The summed E-state index contributed by atoms with van der Waals surface area (Å²) in [5, 5.41) is 0. The van der Waals surface area contributed by atoms with Gasteiger partial charge in [-0.3, -0.25) is 9.78 Å². The first-order valence-corrected chi connectivity index (χ1v) is 7.70. The molecule has 2 aromatic heterocycles. The average molecular weight is 362 g/mol. The Kier molecular flexibility index (Phi) is 3.60. The number of rotatable bonds is 2. The van der Waals surface area contributed by atoms with Crippen LogP contribution in [0.1, 0.15) is 32.7 Å². The quantitative estimate of drug-likeness (QED) is 0.826. The molecule has 3 heterocycles. The lowest BCUT2D eigenvalue weighted by molar-refractivity contribution is 0.101. The second kappa shape index (κ2) is 5.31. The Morgan fingerprint density at radius 3 is 2.73 bits per heavy atom. The molecular formula is C15H16BrN5O. The Morgan fingerprint density at radius 1 is 1.27 bits per heavy atom. The van der Waals surface area contributed by atoms with Crippen LogP contribution < -0.4 is 10.6 Å². The smallest absolute Gasteiger partial charge is 0.223 e. The average Bonchev–Trinajstić information content (AvgIpc) is 2.76. The van der Waals surface area contributed by atoms with Crippen LogP contribution in [0.2, 0.25) is 0 Å². The molecule has 7 heteroatoms. The van der Waals surface area contributed by atoms with Crippen molar-refractivity contribution >= 4 is 33.5 Å². The van der Waals surface area contributed by atoms with Crippen LogP contribution in [0.25, 0.3) is 0 Å². The fourth-order valence-electron chi connectivity index (χ4n) is 2.59. The zero-order valence-corrected chi connectivity index (χ0v) is 14.2. The van der Waals surface area contributed by atoms with Crippen LogP contribution in [-0.2, 0) is 6.54 Å². The molecule has 0 fully saturated rings. The summed E-state index contributed by atoms with van der Waals surface area (Å²) >= 11 is 3.29. The number of anilines is 2. The molecule has 0 aliphatic carbocycles. The van der Waals surface area contributed by atoms with E-state index in [-0.39, 0.29) is 18.3 Å². The predicted octanol–water partition coefficient (Wildman–Crippen LogP) is 2.34. The standard InChI is InChI=1S/C15H16BrN5O/c1-7-4-18-10(9(3)8(7)2)5-21-6-11(22)12-13(16)19-15(17)20-14(12)21/h4H,5-6H2,1-3H3,(H2,17,19,20). The Labute approximate surface area is 136 Å². The highest BCUT2D eigenvalue weighted by atomic mass is 79.9. The van der Waals surface area contributed by atoms with Crippen molar-refractivity contribution in [2.75, 3.05) is 17.2 Å². The molecule has 6 nitrogen and oxygen atoms in total. The second-order valence-corrected chi connectivity index (χ2v) is 6.24. The maximum absolute atomic E-state index is 12.2. The van der Waals surface area contributed by atoms with E-state index in [0.717, 1.165) is 16.8 Å². The summed E-state index contributed by atoms with van der Waals surface area (Å²) in [4.78, 5) is 26.8. The van der Waals surface area contributed by atoms with Crippen LogP contribution in [0.4, 0.5) is 11.8 Å². The van der Waals surface area contributed by atoms with E-state index in [0.29, 0.717) is 22.5 Å². The van der Waals surface area contributed by atoms with Gasteiger partial charge in [0, 0.05) is 6.20 Å². The van der Waals surface area contributed by atoms with Gasteiger partial charge in [0.2, 0.25) is 5.95 Å². The molecule has 0 aromatic carbocycles. The molecule has 1 aliphatic heterocycles. The van der Waals surface area contributed by atoms with Gasteiger partial charge in [-0.15, -0.1) is 0 Å². The molecular weight excluding hydrogens is 346 g/mol. The fraction of sp³-hybridized carbons (Fsp3) is 0.333. The van der Waals surface area contributed by atoms with Gasteiger partial charge in [-0.2, -0.15) is 4.98 Å². The van der Waals surface area contributed by atoms with Crippen molar-refractivity contribution in [3.05, 3.63) is 38.7 Å². The van der Waals surface area contributed by atoms with E-state index in [1.807, 2.05) is 24.9 Å². The summed E-state index contributed by atoms with van der Waals surface area (Å²) in [6, 6.07) is 0. The third-order valence-corrected chi connectivity index (χ3v) is 4.69. The SMILES string of the molecule is Cc1cnc(CN2CC(=O)c3c(Br)nc(N)nc32)c(C)c1C. The van der Waals surface area contributed by atoms with Gasteiger partial charge in [-0.25, -0.2) is 4.98 Å². The Bertz CT molecular complexity index is 790. The number of carbonyl (C=O) groups is 1. The van der Waals surface area contributed by atoms with Crippen molar-refractivity contribution in [2.45, 2.75) is 27.3 Å². The third-order valence-electron chi connectivity index (χ3n) is 4.12. The first-order valence-electron chi connectivity index (χ1n) is 6.91. The number of Topliss-reactive ketones (excluding diaryl/α,β-unsaturated/α-hetero) is 1. The maximum atomic E-state index is 12.2. The summed E-state index contributed by atoms with van der Waals surface area (Å²) in [6.07, 6.45) is 1.86. The Morgan fingerprint density at radius 2 is 2.00 bits per heavy atom. The van der Waals surface area contributed by atoms with Crippen LogP contribution >= 0.6 is 15.9 Å². The predicted molar refractivity (Wildman–Crippen MR) is 88.0 cm³/mol. The minimum absolute atomic E-state index is 0.0108. The number of aromatic nitrogens is 3. The third kappa shape index (κ3) is 2.35. The van der Waals surface area contributed by atoms with Crippen molar-refractivity contribution in [3.63, 3.8) is 0 Å². The number of fused-ring (bicyclic) bond motifs is 1. The molecule has 0 spiro atoms. The molecule has 22 heavy (non-hydrogen) atoms. The monoisotopic (exact) mass is 361 g/mol. The van der Waals surface area contributed by atoms with Gasteiger partial charge in [0.15, 0.2) is 5.78 Å². The molecule has 114 valence electrons. The minimum Gasteiger partial charge on any atom is -0.368 e. The number of ketones is 1. The first-order chi connectivity index (χ1) is 10.4. The number of hydrogen-bond donors (Lipinski definition) is 1.